The van der Waals surface area contributed by atoms with Crippen LogP contribution in [0.4, 0.5) is 4.39 Å². The first-order valence-corrected chi connectivity index (χ1v) is 8.33. The maximum Gasteiger partial charge on any atom is 0.341 e. The zero-order valence-electron chi connectivity index (χ0n) is 14.4. The van der Waals surface area contributed by atoms with E-state index < -0.39 is 23.8 Å². The number of carbonyl (C=O) groups excluding carboxylic acids is 2. The number of hydrogen-bond acceptors (Lipinski definition) is 3. The van der Waals surface area contributed by atoms with Crippen molar-refractivity contribution in [3.8, 4) is 0 Å². The zero-order chi connectivity index (χ0) is 18.2. The predicted octanol–water partition coefficient (Wildman–Crippen LogP) is 4.03. The van der Waals surface area contributed by atoms with Crippen LogP contribution in [-0.2, 0) is 9.53 Å². The number of esters is 1. The van der Waals surface area contributed by atoms with Crippen molar-refractivity contribution in [3.63, 3.8) is 0 Å². The summed E-state index contributed by atoms with van der Waals surface area (Å²) >= 11 is 0. The first kappa shape index (κ1) is 18.6. The summed E-state index contributed by atoms with van der Waals surface area (Å²) in [7, 11) is 0. The molecule has 0 aliphatic heterocycles. The maximum atomic E-state index is 13.6. The second-order valence-electron chi connectivity index (χ2n) is 5.79. The number of amides is 1. The van der Waals surface area contributed by atoms with Crippen molar-refractivity contribution < 1.29 is 18.7 Å². The number of hydrogen-bond donors (Lipinski definition) is 1. The fourth-order valence-electron chi connectivity index (χ4n) is 2.49. The number of ether oxygens (including phenoxy) is 1. The third-order valence-electron chi connectivity index (χ3n) is 3.84. The van der Waals surface area contributed by atoms with Crippen molar-refractivity contribution in [1.82, 2.24) is 5.32 Å². The van der Waals surface area contributed by atoms with Crippen LogP contribution in [0.2, 0.25) is 0 Å². The Morgan fingerprint density at radius 1 is 1.08 bits per heavy atom. The van der Waals surface area contributed by atoms with Crippen LogP contribution in [0.5, 0.6) is 0 Å². The molecule has 0 saturated heterocycles. The molecule has 2 atom stereocenters. The highest BCUT2D eigenvalue weighted by atomic mass is 19.1. The van der Waals surface area contributed by atoms with Crippen molar-refractivity contribution in [1.29, 1.82) is 0 Å². The van der Waals surface area contributed by atoms with E-state index >= 15 is 0 Å². The third kappa shape index (κ3) is 5.14. The van der Waals surface area contributed by atoms with E-state index in [1.165, 1.54) is 31.2 Å². The van der Waals surface area contributed by atoms with Gasteiger partial charge in [0.05, 0.1) is 11.6 Å². The minimum atomic E-state index is -1.02. The molecule has 0 heterocycles. The Morgan fingerprint density at radius 3 is 2.36 bits per heavy atom. The second-order valence-corrected chi connectivity index (χ2v) is 5.79. The molecular formula is C20H22FNO3. The summed E-state index contributed by atoms with van der Waals surface area (Å²) in [6.45, 7) is 3.51. The Morgan fingerprint density at radius 2 is 1.72 bits per heavy atom. The van der Waals surface area contributed by atoms with Crippen molar-refractivity contribution >= 4 is 11.9 Å². The van der Waals surface area contributed by atoms with E-state index in [0.717, 1.165) is 18.4 Å². The molecule has 0 spiro atoms. The van der Waals surface area contributed by atoms with Crippen molar-refractivity contribution in [2.24, 2.45) is 0 Å². The molecule has 2 aromatic rings. The highest BCUT2D eigenvalue weighted by molar-refractivity contribution is 5.92. The van der Waals surface area contributed by atoms with Gasteiger partial charge in [-0.1, -0.05) is 55.8 Å². The van der Waals surface area contributed by atoms with Crippen LogP contribution in [0.15, 0.2) is 54.6 Å². The van der Waals surface area contributed by atoms with Gasteiger partial charge < -0.3 is 10.1 Å². The van der Waals surface area contributed by atoms with Gasteiger partial charge in [-0.2, -0.15) is 0 Å². The van der Waals surface area contributed by atoms with Crippen LogP contribution in [0, 0.1) is 5.82 Å². The summed E-state index contributed by atoms with van der Waals surface area (Å²) in [5.74, 6) is -1.94. The molecule has 2 unspecified atom stereocenters. The van der Waals surface area contributed by atoms with Gasteiger partial charge in [0.2, 0.25) is 0 Å². The fraction of sp³-hybridized carbons (Fsp3) is 0.300. The molecule has 2 rings (SSSR count). The van der Waals surface area contributed by atoms with Crippen LogP contribution in [0.1, 0.15) is 48.7 Å². The predicted molar refractivity (Wildman–Crippen MR) is 93.5 cm³/mol. The molecule has 0 aliphatic carbocycles. The minimum absolute atomic E-state index is 0.159. The topological polar surface area (TPSA) is 55.4 Å². The molecular weight excluding hydrogens is 321 g/mol. The molecule has 25 heavy (non-hydrogen) atoms. The van der Waals surface area contributed by atoms with E-state index in [9.17, 15) is 14.0 Å². The summed E-state index contributed by atoms with van der Waals surface area (Å²) in [5, 5.41) is 2.90. The molecule has 0 aromatic heterocycles. The first-order chi connectivity index (χ1) is 12.0. The molecule has 0 aliphatic rings. The van der Waals surface area contributed by atoms with Gasteiger partial charge in [0.25, 0.3) is 5.91 Å². The molecule has 0 radical (unpaired) electrons. The van der Waals surface area contributed by atoms with E-state index in [1.807, 2.05) is 37.3 Å². The van der Waals surface area contributed by atoms with Crippen LogP contribution in [-0.4, -0.2) is 18.0 Å². The van der Waals surface area contributed by atoms with Gasteiger partial charge in [0.1, 0.15) is 5.82 Å². The maximum absolute atomic E-state index is 13.6. The largest absolute Gasteiger partial charge is 0.449 e. The number of nitrogens with one attached hydrogen (secondary N) is 1. The fourth-order valence-corrected chi connectivity index (χ4v) is 2.49. The van der Waals surface area contributed by atoms with E-state index in [0.29, 0.717) is 0 Å². The minimum Gasteiger partial charge on any atom is -0.449 e. The second kappa shape index (κ2) is 8.97. The van der Waals surface area contributed by atoms with E-state index in [2.05, 4.69) is 5.32 Å². The lowest BCUT2D eigenvalue weighted by molar-refractivity contribution is -0.129. The first-order valence-electron chi connectivity index (χ1n) is 8.33. The Balaban J connectivity index is 2.01. The standard InChI is InChI=1S/C20H22FNO3/c1-3-9-18(15-10-5-4-6-11-15)22-19(23)14(2)25-20(24)16-12-7-8-13-17(16)21/h4-8,10-14,18H,3,9H2,1-2H3,(H,22,23). The summed E-state index contributed by atoms with van der Waals surface area (Å²) in [5.41, 5.74) is 0.806. The molecule has 4 nitrogen and oxygen atoms in total. The van der Waals surface area contributed by atoms with Crippen LogP contribution >= 0.6 is 0 Å². The van der Waals surface area contributed by atoms with E-state index in [-0.39, 0.29) is 11.6 Å². The molecule has 132 valence electrons. The summed E-state index contributed by atoms with van der Waals surface area (Å²) in [4.78, 5) is 24.4. The Bertz CT molecular complexity index is 718. The van der Waals surface area contributed by atoms with Crippen LogP contribution < -0.4 is 5.32 Å². The van der Waals surface area contributed by atoms with Gasteiger partial charge in [-0.25, -0.2) is 9.18 Å². The van der Waals surface area contributed by atoms with Gasteiger partial charge in [-0.15, -0.1) is 0 Å². The monoisotopic (exact) mass is 343 g/mol. The normalized spacial score (nSPS) is 12.9. The smallest absolute Gasteiger partial charge is 0.341 e. The zero-order valence-corrected chi connectivity index (χ0v) is 14.4. The number of halogens is 1. The molecule has 2 aromatic carbocycles. The average molecular weight is 343 g/mol. The van der Waals surface area contributed by atoms with E-state index in [1.54, 1.807) is 0 Å². The van der Waals surface area contributed by atoms with E-state index in [4.69, 9.17) is 4.74 Å². The van der Waals surface area contributed by atoms with Crippen molar-refractivity contribution in [3.05, 3.63) is 71.5 Å². The highest BCUT2D eigenvalue weighted by Gasteiger charge is 2.23. The van der Waals surface area contributed by atoms with Gasteiger partial charge >= 0.3 is 5.97 Å². The molecule has 5 heteroatoms. The lowest BCUT2D eigenvalue weighted by atomic mass is 10.0. The summed E-state index contributed by atoms with van der Waals surface area (Å²) < 4.78 is 18.7. The Labute approximate surface area is 147 Å². The molecule has 0 fully saturated rings. The van der Waals surface area contributed by atoms with Gasteiger partial charge in [-0.3, -0.25) is 4.79 Å². The highest BCUT2D eigenvalue weighted by Crippen LogP contribution is 2.18. The van der Waals surface area contributed by atoms with Gasteiger partial charge in [0.15, 0.2) is 6.10 Å². The Kier molecular flexibility index (Phi) is 6.69. The lowest BCUT2D eigenvalue weighted by Crippen LogP contribution is -2.38. The number of carbonyl (C=O) groups is 2. The lowest BCUT2D eigenvalue weighted by Gasteiger charge is -2.21. The molecule has 0 bridgehead atoms. The van der Waals surface area contributed by atoms with Gasteiger partial charge in [0, 0.05) is 0 Å². The van der Waals surface area contributed by atoms with Crippen LogP contribution in [0.25, 0.3) is 0 Å². The number of rotatable bonds is 7. The van der Waals surface area contributed by atoms with Crippen LogP contribution in [0.3, 0.4) is 0 Å². The number of benzene rings is 2. The molecule has 1 amide bonds. The third-order valence-corrected chi connectivity index (χ3v) is 3.84. The van der Waals surface area contributed by atoms with Crippen molar-refractivity contribution in [2.75, 3.05) is 0 Å². The van der Waals surface area contributed by atoms with Crippen molar-refractivity contribution in [2.45, 2.75) is 38.8 Å². The average Bonchev–Trinajstić information content (AvgIpc) is 2.62. The van der Waals surface area contributed by atoms with Gasteiger partial charge in [-0.05, 0) is 31.0 Å². The molecule has 0 saturated carbocycles. The molecule has 1 N–H and O–H groups in total. The summed E-state index contributed by atoms with van der Waals surface area (Å²) in [6, 6.07) is 15.0. The SMILES string of the molecule is CCCC(NC(=O)C(C)OC(=O)c1ccccc1F)c1ccccc1. The summed E-state index contributed by atoms with van der Waals surface area (Å²) in [6.07, 6.45) is 0.641. The quantitative estimate of drug-likeness (QED) is 0.772. The Hall–Kier alpha value is -2.69.